The molecule has 1 aliphatic heterocycles. The van der Waals surface area contributed by atoms with Crippen molar-refractivity contribution in [1.29, 1.82) is 0 Å². The van der Waals surface area contributed by atoms with Crippen molar-refractivity contribution < 1.29 is 14.3 Å². The van der Waals surface area contributed by atoms with Gasteiger partial charge in [0.05, 0.1) is 12.9 Å². The number of benzene rings is 3. The number of nitrogens with zero attached hydrogens (tertiary/aromatic N) is 1. The van der Waals surface area contributed by atoms with Crippen LogP contribution >= 0.6 is 11.8 Å². The van der Waals surface area contributed by atoms with E-state index in [0.29, 0.717) is 29.3 Å². The number of thioether (sulfide) groups is 1. The Kier molecular flexibility index (Phi) is 6.05. The number of rotatable bonds is 6. The van der Waals surface area contributed by atoms with Crippen LogP contribution in [0.3, 0.4) is 0 Å². The zero-order valence-corrected chi connectivity index (χ0v) is 17.4. The Morgan fingerprint density at radius 2 is 1.83 bits per heavy atom. The molecule has 0 radical (unpaired) electrons. The number of anilines is 1. The predicted molar refractivity (Wildman–Crippen MR) is 120 cm³/mol. The number of hydrogen-bond donors (Lipinski definition) is 1. The maximum atomic E-state index is 12.6. The highest BCUT2D eigenvalue weighted by Gasteiger charge is 2.32. The van der Waals surface area contributed by atoms with Gasteiger partial charge in [0.1, 0.15) is 11.1 Å². The van der Waals surface area contributed by atoms with Crippen molar-refractivity contribution >= 4 is 29.3 Å². The van der Waals surface area contributed by atoms with Gasteiger partial charge >= 0.3 is 0 Å². The molecule has 1 N–H and O–H groups in total. The summed E-state index contributed by atoms with van der Waals surface area (Å²) >= 11 is 1.61. The number of hydrogen-bond acceptors (Lipinski definition) is 4. The second-order valence-corrected chi connectivity index (χ2v) is 8.05. The highest BCUT2D eigenvalue weighted by atomic mass is 32.2. The van der Waals surface area contributed by atoms with Gasteiger partial charge in [-0.3, -0.25) is 9.59 Å². The fourth-order valence-corrected chi connectivity index (χ4v) is 4.57. The Balaban J connectivity index is 1.46. The predicted octanol–water partition coefficient (Wildman–Crippen LogP) is 4.72. The van der Waals surface area contributed by atoms with Crippen molar-refractivity contribution in [2.45, 2.75) is 11.9 Å². The lowest BCUT2D eigenvalue weighted by atomic mass is 10.1. The molecule has 2 amide bonds. The standard InChI is InChI=1S/C24H22N2O3S/c1-29-21-9-5-8-20(14-21)25-23(28)18-10-12-19(13-11-18)24-26(22(27)16-30-24)15-17-6-3-2-4-7-17/h2-14,24H,15-16H2,1H3,(H,25,28)/t24-/m0/s1. The van der Waals surface area contributed by atoms with Crippen molar-refractivity contribution in [2.24, 2.45) is 0 Å². The van der Waals surface area contributed by atoms with E-state index in [1.54, 1.807) is 37.1 Å². The van der Waals surface area contributed by atoms with E-state index < -0.39 is 0 Å². The average molecular weight is 419 g/mol. The monoisotopic (exact) mass is 418 g/mol. The number of nitrogens with one attached hydrogen (secondary N) is 1. The number of carbonyl (C=O) groups excluding carboxylic acids is 2. The van der Waals surface area contributed by atoms with E-state index in [0.717, 1.165) is 11.1 Å². The van der Waals surface area contributed by atoms with Gasteiger partial charge in [0.25, 0.3) is 5.91 Å². The molecule has 1 aliphatic rings. The number of methoxy groups -OCH3 is 1. The molecular formula is C24H22N2O3S. The van der Waals surface area contributed by atoms with Crippen LogP contribution in [0.4, 0.5) is 5.69 Å². The highest BCUT2D eigenvalue weighted by Crippen LogP contribution is 2.39. The molecular weight excluding hydrogens is 396 g/mol. The maximum Gasteiger partial charge on any atom is 0.255 e. The van der Waals surface area contributed by atoms with Crippen LogP contribution in [0.2, 0.25) is 0 Å². The molecule has 3 aromatic carbocycles. The second kappa shape index (κ2) is 9.05. The molecule has 0 unspecified atom stereocenters. The summed E-state index contributed by atoms with van der Waals surface area (Å²) in [4.78, 5) is 26.9. The van der Waals surface area contributed by atoms with Gasteiger partial charge in [0.2, 0.25) is 5.91 Å². The number of amides is 2. The Labute approximate surface area is 180 Å². The van der Waals surface area contributed by atoms with Crippen LogP contribution in [0.25, 0.3) is 0 Å². The summed E-state index contributed by atoms with van der Waals surface area (Å²) < 4.78 is 5.19. The fraction of sp³-hybridized carbons (Fsp3) is 0.167. The molecule has 5 nitrogen and oxygen atoms in total. The molecule has 4 rings (SSSR count). The molecule has 0 aliphatic carbocycles. The van der Waals surface area contributed by atoms with Crippen LogP contribution in [-0.4, -0.2) is 29.6 Å². The van der Waals surface area contributed by atoms with Crippen molar-refractivity contribution in [2.75, 3.05) is 18.2 Å². The van der Waals surface area contributed by atoms with Gasteiger partial charge in [-0.2, -0.15) is 0 Å². The first-order valence-corrected chi connectivity index (χ1v) is 10.7. The Hall–Kier alpha value is -3.25. The first-order valence-electron chi connectivity index (χ1n) is 9.64. The molecule has 6 heteroatoms. The minimum absolute atomic E-state index is 0.0480. The summed E-state index contributed by atoms with van der Waals surface area (Å²) in [5.41, 5.74) is 3.35. The lowest BCUT2D eigenvalue weighted by Crippen LogP contribution is -2.27. The molecule has 1 fully saturated rings. The molecule has 0 saturated carbocycles. The zero-order chi connectivity index (χ0) is 20.9. The molecule has 0 spiro atoms. The number of carbonyl (C=O) groups is 2. The summed E-state index contributed by atoms with van der Waals surface area (Å²) in [6.45, 7) is 0.579. The third kappa shape index (κ3) is 4.49. The van der Waals surface area contributed by atoms with Gasteiger partial charge in [-0.25, -0.2) is 0 Å². The smallest absolute Gasteiger partial charge is 0.255 e. The Bertz CT molecular complexity index is 1040. The van der Waals surface area contributed by atoms with Crippen LogP contribution in [0.5, 0.6) is 5.75 Å². The van der Waals surface area contributed by atoms with Crippen LogP contribution < -0.4 is 10.1 Å². The third-order valence-electron chi connectivity index (χ3n) is 4.95. The largest absolute Gasteiger partial charge is 0.497 e. The van der Waals surface area contributed by atoms with Gasteiger partial charge in [-0.15, -0.1) is 11.8 Å². The molecule has 152 valence electrons. The lowest BCUT2D eigenvalue weighted by molar-refractivity contribution is -0.128. The summed E-state index contributed by atoms with van der Waals surface area (Å²) in [7, 11) is 1.59. The van der Waals surface area contributed by atoms with Gasteiger partial charge in [-0.1, -0.05) is 48.5 Å². The van der Waals surface area contributed by atoms with Gasteiger partial charge in [0, 0.05) is 23.9 Å². The van der Waals surface area contributed by atoms with E-state index in [9.17, 15) is 9.59 Å². The first kappa shape index (κ1) is 20.0. The zero-order valence-electron chi connectivity index (χ0n) is 16.6. The van der Waals surface area contributed by atoms with Crippen LogP contribution in [0.15, 0.2) is 78.9 Å². The Morgan fingerprint density at radius 3 is 2.57 bits per heavy atom. The summed E-state index contributed by atoms with van der Waals surface area (Å²) in [6.07, 6.45) is 0. The van der Waals surface area contributed by atoms with E-state index in [-0.39, 0.29) is 17.2 Å². The van der Waals surface area contributed by atoms with E-state index in [1.165, 1.54) is 0 Å². The number of ether oxygens (including phenoxy) is 1. The van der Waals surface area contributed by atoms with Crippen LogP contribution in [0.1, 0.15) is 26.9 Å². The van der Waals surface area contributed by atoms with Crippen LogP contribution in [-0.2, 0) is 11.3 Å². The normalized spacial score (nSPS) is 15.8. The SMILES string of the molecule is COc1cccc(NC(=O)c2ccc([C@@H]3SCC(=O)N3Cc3ccccc3)cc2)c1. The van der Waals surface area contributed by atoms with Gasteiger partial charge in [0.15, 0.2) is 0 Å². The second-order valence-electron chi connectivity index (χ2n) is 6.98. The van der Waals surface area contributed by atoms with E-state index in [4.69, 9.17) is 4.74 Å². The van der Waals surface area contributed by atoms with Crippen LogP contribution in [0, 0.1) is 0 Å². The first-order chi connectivity index (χ1) is 14.6. The quantitative estimate of drug-likeness (QED) is 0.629. The highest BCUT2D eigenvalue weighted by molar-refractivity contribution is 8.00. The van der Waals surface area contributed by atoms with E-state index in [2.05, 4.69) is 5.32 Å². The molecule has 1 saturated heterocycles. The van der Waals surface area contributed by atoms with E-state index >= 15 is 0 Å². The molecule has 1 heterocycles. The minimum atomic E-state index is -0.189. The minimum Gasteiger partial charge on any atom is -0.497 e. The average Bonchev–Trinajstić information content (AvgIpc) is 3.14. The Morgan fingerprint density at radius 1 is 1.07 bits per heavy atom. The fourth-order valence-electron chi connectivity index (χ4n) is 3.38. The molecule has 0 bridgehead atoms. The topological polar surface area (TPSA) is 58.6 Å². The summed E-state index contributed by atoms with van der Waals surface area (Å²) in [6, 6.07) is 24.7. The lowest BCUT2D eigenvalue weighted by Gasteiger charge is -2.24. The molecule has 30 heavy (non-hydrogen) atoms. The van der Waals surface area contributed by atoms with Crippen molar-refractivity contribution in [3.8, 4) is 5.75 Å². The molecule has 3 aromatic rings. The van der Waals surface area contributed by atoms with E-state index in [1.807, 2.05) is 65.6 Å². The van der Waals surface area contributed by atoms with Crippen molar-refractivity contribution in [3.63, 3.8) is 0 Å². The maximum absolute atomic E-state index is 12.6. The summed E-state index contributed by atoms with van der Waals surface area (Å²) in [5.74, 6) is 1.10. The van der Waals surface area contributed by atoms with Crippen molar-refractivity contribution in [3.05, 3.63) is 95.6 Å². The molecule has 0 aromatic heterocycles. The summed E-state index contributed by atoms with van der Waals surface area (Å²) in [5, 5.41) is 2.83. The van der Waals surface area contributed by atoms with Gasteiger partial charge in [-0.05, 0) is 35.4 Å². The van der Waals surface area contributed by atoms with Gasteiger partial charge < -0.3 is 15.0 Å². The molecule has 1 atom stereocenters. The van der Waals surface area contributed by atoms with Crippen molar-refractivity contribution in [1.82, 2.24) is 4.90 Å². The third-order valence-corrected chi connectivity index (χ3v) is 6.21.